The van der Waals surface area contributed by atoms with Crippen LogP contribution in [-0.2, 0) is 6.42 Å². The van der Waals surface area contributed by atoms with E-state index in [1.54, 1.807) is 12.1 Å². The largest absolute Gasteiger partial charge is 0.258 e. The van der Waals surface area contributed by atoms with Crippen LogP contribution in [0.2, 0.25) is 0 Å². The van der Waals surface area contributed by atoms with Crippen LogP contribution in [0.1, 0.15) is 12.0 Å². The van der Waals surface area contributed by atoms with E-state index in [2.05, 4.69) is 0 Å². The Bertz CT molecular complexity index is 223. The normalized spacial score (nSPS) is 10.0. The van der Waals surface area contributed by atoms with Crippen molar-refractivity contribution < 1.29 is 4.39 Å². The summed E-state index contributed by atoms with van der Waals surface area (Å²) in [5, 5.41) is 0. The van der Waals surface area contributed by atoms with E-state index in [-0.39, 0.29) is 5.82 Å². The van der Waals surface area contributed by atoms with Gasteiger partial charge in [0, 0.05) is 6.54 Å². The molecular weight excluding hydrogens is 141 g/mol. The summed E-state index contributed by atoms with van der Waals surface area (Å²) in [6.07, 6.45) is 1.41. The van der Waals surface area contributed by atoms with Gasteiger partial charge < -0.3 is 0 Å². The highest BCUT2D eigenvalue weighted by molar-refractivity contribution is 5.17. The Morgan fingerprint density at radius 3 is 2.64 bits per heavy atom. The lowest BCUT2D eigenvalue weighted by Gasteiger charge is -1.99. The molecule has 59 valence electrons. The van der Waals surface area contributed by atoms with Gasteiger partial charge in [0.05, 0.1) is 0 Å². The molecule has 0 amide bonds. The van der Waals surface area contributed by atoms with Gasteiger partial charge >= 0.3 is 0 Å². The highest BCUT2D eigenvalue weighted by Crippen LogP contribution is 2.07. The van der Waals surface area contributed by atoms with Gasteiger partial charge in [-0.05, 0) is 24.5 Å². The van der Waals surface area contributed by atoms with Crippen molar-refractivity contribution in [2.75, 3.05) is 6.54 Å². The Balaban J connectivity index is 2.62. The van der Waals surface area contributed by atoms with Crippen LogP contribution in [0, 0.1) is 5.82 Å². The Morgan fingerprint density at radius 2 is 2.00 bits per heavy atom. The fourth-order valence-corrected chi connectivity index (χ4v) is 0.980. The molecule has 0 spiro atoms. The first-order chi connectivity index (χ1) is 5.34. The summed E-state index contributed by atoms with van der Waals surface area (Å²) >= 11 is 0. The first-order valence-corrected chi connectivity index (χ1v) is 3.72. The van der Waals surface area contributed by atoms with E-state index in [0.29, 0.717) is 13.0 Å². The summed E-state index contributed by atoms with van der Waals surface area (Å²) in [7, 11) is 0. The van der Waals surface area contributed by atoms with Crippen LogP contribution < -0.4 is 5.73 Å². The summed E-state index contributed by atoms with van der Waals surface area (Å²) < 4.78 is 12.9. The van der Waals surface area contributed by atoms with Gasteiger partial charge in [-0.2, -0.15) is 0 Å². The van der Waals surface area contributed by atoms with Gasteiger partial charge in [-0.1, -0.05) is 18.2 Å². The van der Waals surface area contributed by atoms with E-state index in [9.17, 15) is 4.39 Å². The van der Waals surface area contributed by atoms with E-state index in [1.165, 1.54) is 6.07 Å². The van der Waals surface area contributed by atoms with Crippen LogP contribution in [0.3, 0.4) is 0 Å². The van der Waals surface area contributed by atoms with Gasteiger partial charge in [0.1, 0.15) is 5.82 Å². The second-order valence-corrected chi connectivity index (χ2v) is 2.44. The Labute approximate surface area is 66.0 Å². The number of halogens is 1. The van der Waals surface area contributed by atoms with Crippen molar-refractivity contribution in [3.8, 4) is 0 Å². The molecule has 0 aliphatic rings. The maximum Gasteiger partial charge on any atom is 0.126 e. The van der Waals surface area contributed by atoms with Gasteiger partial charge in [0.15, 0.2) is 0 Å². The van der Waals surface area contributed by atoms with Gasteiger partial charge in [-0.15, -0.1) is 0 Å². The van der Waals surface area contributed by atoms with Crippen molar-refractivity contribution >= 4 is 0 Å². The average Bonchev–Trinajstić information content (AvgIpc) is 2.03. The lowest BCUT2D eigenvalue weighted by molar-refractivity contribution is 0.605. The highest BCUT2D eigenvalue weighted by atomic mass is 19.1. The summed E-state index contributed by atoms with van der Waals surface area (Å²) in [4.78, 5) is 0. The molecule has 1 nitrogen and oxygen atoms in total. The van der Waals surface area contributed by atoms with E-state index in [0.717, 1.165) is 12.0 Å². The minimum Gasteiger partial charge on any atom is -0.258 e. The van der Waals surface area contributed by atoms with Crippen molar-refractivity contribution in [1.29, 1.82) is 0 Å². The molecule has 0 aliphatic carbocycles. The minimum absolute atomic E-state index is 0.152. The summed E-state index contributed by atoms with van der Waals surface area (Å²) in [5.74, 6) is -0.152. The summed E-state index contributed by atoms with van der Waals surface area (Å²) in [6.45, 7) is 0.369. The van der Waals surface area contributed by atoms with Crippen molar-refractivity contribution in [2.45, 2.75) is 12.8 Å². The smallest absolute Gasteiger partial charge is 0.126 e. The molecule has 0 bridgehead atoms. The predicted octanol–water partition coefficient (Wildman–Crippen LogP) is 2.04. The summed E-state index contributed by atoms with van der Waals surface area (Å²) in [6, 6.07) is 6.73. The maximum atomic E-state index is 12.9. The second kappa shape index (κ2) is 4.09. The third-order valence-electron chi connectivity index (χ3n) is 1.58. The lowest BCUT2D eigenvalue weighted by Crippen LogP contribution is -1.93. The molecule has 1 N–H and O–H groups in total. The van der Waals surface area contributed by atoms with Gasteiger partial charge in [0.2, 0.25) is 0 Å². The number of aryl methyl sites for hydroxylation is 1. The molecule has 0 fully saturated rings. The zero-order valence-corrected chi connectivity index (χ0v) is 6.31. The fraction of sp³-hybridized carbons (Fsp3) is 0.333. The van der Waals surface area contributed by atoms with E-state index in [4.69, 9.17) is 5.73 Å². The van der Waals surface area contributed by atoms with Gasteiger partial charge in [-0.3, -0.25) is 5.73 Å². The van der Waals surface area contributed by atoms with Crippen LogP contribution in [-0.4, -0.2) is 6.54 Å². The number of hydrogen-bond donors (Lipinski definition) is 0. The monoisotopic (exact) mass is 152 g/mol. The maximum absolute atomic E-state index is 12.9. The zero-order chi connectivity index (χ0) is 8.10. The van der Waals surface area contributed by atoms with E-state index >= 15 is 0 Å². The molecule has 1 rings (SSSR count). The quantitative estimate of drug-likeness (QED) is 0.633. The molecule has 2 heteroatoms. The Morgan fingerprint density at radius 1 is 1.27 bits per heavy atom. The van der Waals surface area contributed by atoms with Crippen LogP contribution in [0.5, 0.6) is 0 Å². The molecule has 0 aromatic heterocycles. The molecule has 0 heterocycles. The van der Waals surface area contributed by atoms with Crippen LogP contribution in [0.4, 0.5) is 4.39 Å². The van der Waals surface area contributed by atoms with E-state index in [1.807, 2.05) is 6.07 Å². The van der Waals surface area contributed by atoms with Gasteiger partial charge in [0.25, 0.3) is 0 Å². The predicted molar refractivity (Wildman–Crippen MR) is 42.7 cm³/mol. The molecule has 0 atom stereocenters. The molecule has 0 unspecified atom stereocenters. The first-order valence-electron chi connectivity index (χ1n) is 3.72. The molecule has 0 saturated carbocycles. The molecular formula is C9H11FN. The molecule has 0 saturated heterocycles. The summed E-state index contributed by atoms with van der Waals surface area (Å²) in [5.41, 5.74) is 7.62. The fourth-order valence-electron chi connectivity index (χ4n) is 0.980. The Hall–Kier alpha value is -0.890. The van der Waals surface area contributed by atoms with Crippen LogP contribution in [0.25, 0.3) is 0 Å². The van der Waals surface area contributed by atoms with Gasteiger partial charge in [-0.25, -0.2) is 4.39 Å². The highest BCUT2D eigenvalue weighted by Gasteiger charge is 1.97. The van der Waals surface area contributed by atoms with Crippen molar-refractivity contribution in [3.63, 3.8) is 0 Å². The SMILES string of the molecule is [NH]CCCc1ccccc1F. The van der Waals surface area contributed by atoms with Crippen LogP contribution >= 0.6 is 0 Å². The molecule has 1 aromatic rings. The average molecular weight is 152 g/mol. The molecule has 0 aliphatic heterocycles. The number of hydrogen-bond acceptors (Lipinski definition) is 0. The first kappa shape index (κ1) is 8.21. The van der Waals surface area contributed by atoms with E-state index < -0.39 is 0 Å². The minimum atomic E-state index is -0.152. The number of rotatable bonds is 3. The number of nitrogens with one attached hydrogen (secondary N) is 1. The topological polar surface area (TPSA) is 23.8 Å². The molecule has 1 radical (unpaired) electrons. The molecule has 1 aromatic carbocycles. The second-order valence-electron chi connectivity index (χ2n) is 2.44. The Kier molecular flexibility index (Phi) is 3.05. The third-order valence-corrected chi connectivity index (χ3v) is 1.58. The van der Waals surface area contributed by atoms with Crippen molar-refractivity contribution in [3.05, 3.63) is 35.6 Å². The van der Waals surface area contributed by atoms with Crippen molar-refractivity contribution in [1.82, 2.24) is 5.73 Å². The zero-order valence-electron chi connectivity index (χ0n) is 6.31. The lowest BCUT2D eigenvalue weighted by atomic mass is 10.1. The van der Waals surface area contributed by atoms with Crippen molar-refractivity contribution in [2.24, 2.45) is 0 Å². The third kappa shape index (κ3) is 2.31. The van der Waals surface area contributed by atoms with Crippen LogP contribution in [0.15, 0.2) is 24.3 Å². The molecule has 11 heavy (non-hydrogen) atoms. The number of benzene rings is 1. The standard InChI is InChI=1S/C9H11FN/c10-9-6-2-1-4-8(9)5-3-7-11/h1-2,4,6,11H,3,5,7H2.